The third kappa shape index (κ3) is 4.41. The molecule has 0 aliphatic heterocycles. The Labute approximate surface area is 125 Å². The molecule has 1 heterocycles. The van der Waals surface area contributed by atoms with Crippen LogP contribution in [0.3, 0.4) is 0 Å². The summed E-state index contributed by atoms with van der Waals surface area (Å²) in [6.07, 6.45) is 4.06. The number of aromatic nitrogens is 2. The van der Waals surface area contributed by atoms with E-state index >= 15 is 0 Å². The van der Waals surface area contributed by atoms with Gasteiger partial charge >= 0.3 is 0 Å². The molecule has 21 heavy (non-hydrogen) atoms. The summed E-state index contributed by atoms with van der Waals surface area (Å²) in [4.78, 5) is 4.10. The first-order chi connectivity index (χ1) is 10.0. The Hall–Kier alpha value is -1.66. The van der Waals surface area contributed by atoms with Gasteiger partial charge in [-0.2, -0.15) is 0 Å². The van der Waals surface area contributed by atoms with Crippen LogP contribution in [-0.4, -0.2) is 29.5 Å². The highest BCUT2D eigenvalue weighted by atomic mass is 32.2. The van der Waals surface area contributed by atoms with Crippen LogP contribution in [0.15, 0.2) is 42.9 Å². The Bertz CT molecular complexity index is 665. The van der Waals surface area contributed by atoms with Crippen LogP contribution in [0, 0.1) is 0 Å². The number of nitrogens with two attached hydrogens (primary N) is 1. The average Bonchev–Trinajstić information content (AvgIpc) is 2.95. The molecule has 2 aromatic rings. The number of rotatable bonds is 7. The Balaban J connectivity index is 2.05. The first kappa shape index (κ1) is 15.7. The van der Waals surface area contributed by atoms with Crippen LogP contribution in [0.2, 0.25) is 0 Å². The van der Waals surface area contributed by atoms with Gasteiger partial charge in [0, 0.05) is 18.5 Å². The zero-order valence-electron chi connectivity index (χ0n) is 12.1. The first-order valence-corrected chi connectivity index (χ1v) is 8.84. The molecule has 0 aliphatic rings. The van der Waals surface area contributed by atoms with Gasteiger partial charge in [-0.1, -0.05) is 37.3 Å². The van der Waals surface area contributed by atoms with Crippen LogP contribution < -0.4 is 5.73 Å². The molecule has 0 spiro atoms. The molecule has 0 fully saturated rings. The molecular formula is C15H21N3O2S. The summed E-state index contributed by atoms with van der Waals surface area (Å²) in [5.74, 6) is 0.276. The van der Waals surface area contributed by atoms with E-state index in [1.807, 2.05) is 34.9 Å². The van der Waals surface area contributed by atoms with Gasteiger partial charge in [-0.25, -0.2) is 13.4 Å². The Morgan fingerprint density at radius 3 is 2.67 bits per heavy atom. The molecule has 1 atom stereocenters. The van der Waals surface area contributed by atoms with E-state index in [4.69, 9.17) is 5.73 Å². The molecule has 0 saturated heterocycles. The Kier molecular flexibility index (Phi) is 5.14. The predicted octanol–water partition coefficient (Wildman–Crippen LogP) is 1.56. The molecule has 5 nitrogen and oxygen atoms in total. The van der Waals surface area contributed by atoms with Gasteiger partial charge in [-0.05, 0) is 12.0 Å². The number of imidazole rings is 1. The quantitative estimate of drug-likeness (QED) is 0.842. The van der Waals surface area contributed by atoms with E-state index in [2.05, 4.69) is 4.98 Å². The highest BCUT2D eigenvalue weighted by Crippen LogP contribution is 2.16. The van der Waals surface area contributed by atoms with Crippen molar-refractivity contribution in [3.05, 3.63) is 54.1 Å². The fourth-order valence-electron chi connectivity index (χ4n) is 2.18. The third-order valence-corrected chi connectivity index (χ3v) is 5.19. The summed E-state index contributed by atoms with van der Waals surface area (Å²) in [6.45, 7) is 2.05. The van der Waals surface area contributed by atoms with Crippen molar-refractivity contribution in [3.63, 3.8) is 0 Å². The lowest BCUT2D eigenvalue weighted by Crippen LogP contribution is -2.21. The SMILES string of the molecule is CCS(=O)(=O)CCn1cncc1[C@H](N)Cc1ccccc1. The van der Waals surface area contributed by atoms with Crippen molar-refractivity contribution in [2.24, 2.45) is 5.73 Å². The topological polar surface area (TPSA) is 78.0 Å². The fraction of sp³-hybridized carbons (Fsp3) is 0.400. The molecule has 0 amide bonds. The highest BCUT2D eigenvalue weighted by Gasteiger charge is 2.14. The standard InChI is InChI=1S/C15H21N3O2S/c1-2-21(19,20)9-8-18-12-17-11-15(18)14(16)10-13-6-4-3-5-7-13/h3-7,11-12,14H,2,8-10,16H2,1H3/t14-/m1/s1. The number of sulfone groups is 1. The number of nitrogens with zero attached hydrogens (tertiary/aromatic N) is 2. The predicted molar refractivity (Wildman–Crippen MR) is 83.6 cm³/mol. The van der Waals surface area contributed by atoms with Gasteiger partial charge in [0.15, 0.2) is 9.84 Å². The maximum Gasteiger partial charge on any atom is 0.151 e. The fourth-order valence-corrected chi connectivity index (χ4v) is 2.94. The van der Waals surface area contributed by atoms with Crippen molar-refractivity contribution in [2.75, 3.05) is 11.5 Å². The van der Waals surface area contributed by atoms with Crippen molar-refractivity contribution in [2.45, 2.75) is 25.9 Å². The summed E-state index contributed by atoms with van der Waals surface area (Å²) in [5, 5.41) is 0. The van der Waals surface area contributed by atoms with E-state index < -0.39 is 9.84 Å². The van der Waals surface area contributed by atoms with Crippen LogP contribution in [0.5, 0.6) is 0 Å². The monoisotopic (exact) mass is 307 g/mol. The van der Waals surface area contributed by atoms with E-state index in [9.17, 15) is 8.42 Å². The van der Waals surface area contributed by atoms with E-state index in [0.29, 0.717) is 13.0 Å². The van der Waals surface area contributed by atoms with Gasteiger partial charge in [0.25, 0.3) is 0 Å². The molecule has 1 aromatic carbocycles. The minimum atomic E-state index is -2.99. The average molecular weight is 307 g/mol. The van der Waals surface area contributed by atoms with Crippen molar-refractivity contribution in [3.8, 4) is 0 Å². The molecule has 0 saturated carbocycles. The maximum atomic E-state index is 11.6. The molecule has 114 valence electrons. The molecule has 0 unspecified atom stereocenters. The Morgan fingerprint density at radius 1 is 1.29 bits per heavy atom. The van der Waals surface area contributed by atoms with Gasteiger partial charge in [0.05, 0.1) is 23.8 Å². The molecule has 2 N–H and O–H groups in total. The van der Waals surface area contributed by atoms with Crippen molar-refractivity contribution >= 4 is 9.84 Å². The minimum Gasteiger partial charge on any atom is -0.332 e. The van der Waals surface area contributed by atoms with Gasteiger partial charge in [-0.3, -0.25) is 0 Å². The van der Waals surface area contributed by atoms with E-state index in [0.717, 1.165) is 11.3 Å². The van der Waals surface area contributed by atoms with Crippen LogP contribution in [-0.2, 0) is 22.8 Å². The molecule has 0 bridgehead atoms. The number of hydrogen-bond donors (Lipinski definition) is 1. The van der Waals surface area contributed by atoms with Crippen LogP contribution >= 0.6 is 0 Å². The van der Waals surface area contributed by atoms with Crippen molar-refractivity contribution in [1.29, 1.82) is 0 Å². The zero-order valence-corrected chi connectivity index (χ0v) is 13.0. The summed E-state index contributed by atoms with van der Waals surface area (Å²) in [6, 6.07) is 9.79. The van der Waals surface area contributed by atoms with Gasteiger partial charge < -0.3 is 10.3 Å². The third-order valence-electron chi connectivity index (χ3n) is 3.51. The first-order valence-electron chi connectivity index (χ1n) is 7.02. The molecular weight excluding hydrogens is 286 g/mol. The second kappa shape index (κ2) is 6.87. The zero-order chi connectivity index (χ0) is 15.3. The number of hydrogen-bond acceptors (Lipinski definition) is 4. The lowest BCUT2D eigenvalue weighted by molar-refractivity contribution is 0.580. The van der Waals surface area contributed by atoms with Crippen LogP contribution in [0.1, 0.15) is 24.2 Å². The second-order valence-corrected chi connectivity index (χ2v) is 7.52. The van der Waals surface area contributed by atoms with Crippen LogP contribution in [0.4, 0.5) is 0 Å². The summed E-state index contributed by atoms with van der Waals surface area (Å²) in [5.41, 5.74) is 8.25. The second-order valence-electron chi connectivity index (χ2n) is 5.04. The number of benzene rings is 1. The lowest BCUT2D eigenvalue weighted by atomic mass is 10.0. The van der Waals surface area contributed by atoms with Gasteiger partial charge in [0.2, 0.25) is 0 Å². The smallest absolute Gasteiger partial charge is 0.151 e. The highest BCUT2D eigenvalue weighted by molar-refractivity contribution is 7.91. The van der Waals surface area contributed by atoms with Crippen molar-refractivity contribution < 1.29 is 8.42 Å². The van der Waals surface area contributed by atoms with E-state index in [-0.39, 0.29) is 17.5 Å². The van der Waals surface area contributed by atoms with Crippen molar-refractivity contribution in [1.82, 2.24) is 9.55 Å². The molecule has 0 aliphatic carbocycles. The van der Waals surface area contributed by atoms with E-state index in [1.54, 1.807) is 19.4 Å². The maximum absolute atomic E-state index is 11.6. The largest absolute Gasteiger partial charge is 0.332 e. The summed E-state index contributed by atoms with van der Waals surface area (Å²) < 4.78 is 25.0. The minimum absolute atomic E-state index is 0.116. The molecule has 0 radical (unpaired) electrons. The number of aryl methyl sites for hydroxylation is 1. The molecule has 6 heteroatoms. The summed E-state index contributed by atoms with van der Waals surface area (Å²) in [7, 11) is -2.99. The lowest BCUT2D eigenvalue weighted by Gasteiger charge is -2.15. The molecule has 2 rings (SSSR count). The Morgan fingerprint density at radius 2 is 2.00 bits per heavy atom. The van der Waals surface area contributed by atoms with Gasteiger partial charge in [0.1, 0.15) is 0 Å². The van der Waals surface area contributed by atoms with Gasteiger partial charge in [-0.15, -0.1) is 0 Å². The summed E-state index contributed by atoms with van der Waals surface area (Å²) >= 11 is 0. The molecule has 1 aromatic heterocycles. The van der Waals surface area contributed by atoms with Crippen LogP contribution in [0.25, 0.3) is 0 Å². The normalized spacial score (nSPS) is 13.2. The van der Waals surface area contributed by atoms with E-state index in [1.165, 1.54) is 0 Å².